The summed E-state index contributed by atoms with van der Waals surface area (Å²) in [5.74, 6) is 0.908. The minimum absolute atomic E-state index is 0.0227. The molecule has 3 aliphatic heterocycles. The van der Waals surface area contributed by atoms with E-state index >= 15 is 0 Å². The van der Waals surface area contributed by atoms with Gasteiger partial charge in [0.05, 0.1) is 32.8 Å². The lowest BCUT2D eigenvalue weighted by Crippen LogP contribution is -2.59. The van der Waals surface area contributed by atoms with Crippen molar-refractivity contribution in [1.29, 1.82) is 0 Å². The number of nitrogens with zero attached hydrogens (tertiary/aromatic N) is 1. The second kappa shape index (κ2) is 4.95. The molecule has 0 amide bonds. The van der Waals surface area contributed by atoms with Crippen molar-refractivity contribution in [3.05, 3.63) is 42.5 Å². The van der Waals surface area contributed by atoms with Crippen LogP contribution in [0.25, 0.3) is 10.8 Å². The van der Waals surface area contributed by atoms with Gasteiger partial charge in [0.15, 0.2) is 0 Å². The average molecular weight is 313 g/mol. The number of fused-ring (bicyclic) bond motifs is 1. The Morgan fingerprint density at radius 2 is 1.83 bits per heavy atom. The molecule has 0 radical (unpaired) electrons. The van der Waals surface area contributed by atoms with Gasteiger partial charge in [-0.1, -0.05) is 36.4 Å². The van der Waals surface area contributed by atoms with E-state index in [4.69, 9.17) is 18.7 Å². The monoisotopic (exact) mass is 313 g/mol. The van der Waals surface area contributed by atoms with Crippen molar-refractivity contribution in [2.75, 3.05) is 39.5 Å². The molecule has 0 N–H and O–H groups in total. The Hall–Kier alpha value is -1.60. The van der Waals surface area contributed by atoms with Gasteiger partial charge in [-0.15, -0.1) is 0 Å². The molecule has 23 heavy (non-hydrogen) atoms. The minimum atomic E-state index is -1.59. The highest BCUT2D eigenvalue weighted by molar-refractivity contribution is 6.54. The Morgan fingerprint density at radius 1 is 1.04 bits per heavy atom. The van der Waals surface area contributed by atoms with Crippen LogP contribution in [0.3, 0.4) is 0 Å². The summed E-state index contributed by atoms with van der Waals surface area (Å²) in [6.07, 6.45) is 0.0227. The zero-order chi connectivity index (χ0) is 15.3. The molecule has 0 spiro atoms. The molecule has 0 unspecified atom stereocenters. The molecule has 2 aromatic carbocycles. The third-order valence-corrected chi connectivity index (χ3v) is 5.51. The standard InChI is InChI=1S/C17H20BNO4/c1-2-6-16-14(4-1)5-3-7-17(16)20-13-15-12-19-8-10-21-18(19,23-15)22-11-9-19/h1-7,15H,8-13H2/t15-,18?,19?/m0/s1. The van der Waals surface area contributed by atoms with Crippen LogP contribution in [0.1, 0.15) is 0 Å². The van der Waals surface area contributed by atoms with Crippen molar-refractivity contribution in [2.45, 2.75) is 6.10 Å². The van der Waals surface area contributed by atoms with Gasteiger partial charge >= 0.3 is 6.89 Å². The maximum absolute atomic E-state index is 6.19. The normalized spacial score (nSPS) is 35.4. The molecule has 3 aliphatic rings. The number of quaternary nitrogens is 1. The zero-order valence-electron chi connectivity index (χ0n) is 13.0. The van der Waals surface area contributed by atoms with E-state index in [9.17, 15) is 0 Å². The van der Waals surface area contributed by atoms with E-state index in [0.717, 1.165) is 48.4 Å². The van der Waals surface area contributed by atoms with E-state index in [-0.39, 0.29) is 6.10 Å². The van der Waals surface area contributed by atoms with Gasteiger partial charge in [0.25, 0.3) is 0 Å². The third kappa shape index (κ3) is 1.96. The minimum Gasteiger partial charge on any atom is -0.490 e. The lowest BCUT2D eigenvalue weighted by molar-refractivity contribution is -0.816. The maximum atomic E-state index is 6.19. The Labute approximate surface area is 135 Å². The molecule has 2 aromatic rings. The van der Waals surface area contributed by atoms with Gasteiger partial charge < -0.3 is 23.1 Å². The van der Waals surface area contributed by atoms with Crippen LogP contribution in [0.2, 0.25) is 0 Å². The number of hydrogen-bond donors (Lipinski definition) is 0. The topological polar surface area (TPSA) is 36.9 Å². The van der Waals surface area contributed by atoms with Gasteiger partial charge in [-0.2, -0.15) is 0 Å². The molecule has 3 heterocycles. The molecular formula is C17H20BNO4. The van der Waals surface area contributed by atoms with Crippen molar-refractivity contribution in [2.24, 2.45) is 0 Å². The van der Waals surface area contributed by atoms with Gasteiger partial charge in [-0.3, -0.25) is 0 Å². The first kappa shape index (κ1) is 13.8. The summed E-state index contributed by atoms with van der Waals surface area (Å²) in [5.41, 5.74) is 0. The first-order valence-corrected chi connectivity index (χ1v) is 8.36. The quantitative estimate of drug-likeness (QED) is 0.812. The van der Waals surface area contributed by atoms with E-state index in [0.29, 0.717) is 6.61 Å². The Kier molecular flexibility index (Phi) is 2.97. The summed E-state index contributed by atoms with van der Waals surface area (Å²) in [5, 5.41) is 2.33. The lowest BCUT2D eigenvalue weighted by atomic mass is 9.94. The highest BCUT2D eigenvalue weighted by atomic mass is 16.8. The number of rotatable bonds is 3. The van der Waals surface area contributed by atoms with Crippen molar-refractivity contribution >= 4 is 17.7 Å². The van der Waals surface area contributed by atoms with Crippen LogP contribution in [-0.4, -0.2) is 56.8 Å². The van der Waals surface area contributed by atoms with Crippen LogP contribution in [-0.2, 0) is 14.0 Å². The Morgan fingerprint density at radius 3 is 2.65 bits per heavy atom. The first-order valence-electron chi connectivity index (χ1n) is 8.36. The van der Waals surface area contributed by atoms with Crippen LogP contribution < -0.4 is 4.74 Å². The Bertz CT molecular complexity index is 717. The third-order valence-electron chi connectivity index (χ3n) is 5.51. The van der Waals surface area contributed by atoms with Crippen LogP contribution in [0.4, 0.5) is 0 Å². The molecule has 6 heteroatoms. The number of benzene rings is 2. The Balaban J connectivity index is 1.34. The lowest BCUT2D eigenvalue weighted by Gasteiger charge is -2.37. The number of hydrogen-bond acceptors (Lipinski definition) is 4. The molecule has 5 rings (SSSR count). The fourth-order valence-electron chi connectivity index (χ4n) is 4.37. The highest BCUT2D eigenvalue weighted by Crippen LogP contribution is 2.41. The van der Waals surface area contributed by atoms with E-state index in [1.54, 1.807) is 0 Å². The second-order valence-electron chi connectivity index (χ2n) is 6.74. The summed E-state index contributed by atoms with van der Waals surface area (Å²) in [6.45, 7) is 3.31. The summed E-state index contributed by atoms with van der Waals surface area (Å²) in [6, 6.07) is 14.4. The molecule has 3 fully saturated rings. The largest absolute Gasteiger partial charge is 0.625 e. The smallest absolute Gasteiger partial charge is 0.490 e. The predicted octanol–water partition coefficient (Wildman–Crippen LogP) is 1.93. The van der Waals surface area contributed by atoms with Crippen molar-refractivity contribution < 1.29 is 23.1 Å². The molecular weight excluding hydrogens is 293 g/mol. The SMILES string of the molecule is c1ccc2c(OC[C@@H]3C[N+]45CCO[B-]4(OCC5)O3)cccc2c1. The highest BCUT2D eigenvalue weighted by Gasteiger charge is 2.66. The summed E-state index contributed by atoms with van der Waals surface area (Å²) >= 11 is 0. The fraction of sp³-hybridized carbons (Fsp3) is 0.412. The van der Waals surface area contributed by atoms with E-state index in [2.05, 4.69) is 18.2 Å². The van der Waals surface area contributed by atoms with Crippen LogP contribution in [0, 0.1) is 0 Å². The van der Waals surface area contributed by atoms with Crippen LogP contribution in [0.5, 0.6) is 5.75 Å². The molecule has 0 bridgehead atoms. The summed E-state index contributed by atoms with van der Waals surface area (Å²) in [4.78, 5) is 0. The van der Waals surface area contributed by atoms with Gasteiger partial charge in [-0.05, 0) is 11.5 Å². The van der Waals surface area contributed by atoms with Gasteiger partial charge in [0, 0.05) is 5.39 Å². The first-order chi connectivity index (χ1) is 11.3. The van der Waals surface area contributed by atoms with Crippen LogP contribution >= 0.6 is 0 Å². The van der Waals surface area contributed by atoms with Crippen molar-refractivity contribution in [1.82, 2.24) is 0 Å². The zero-order valence-corrected chi connectivity index (χ0v) is 13.0. The molecule has 0 aromatic heterocycles. The van der Waals surface area contributed by atoms with E-state index in [1.807, 2.05) is 24.3 Å². The second-order valence-corrected chi connectivity index (χ2v) is 6.74. The van der Waals surface area contributed by atoms with Crippen molar-refractivity contribution in [3.8, 4) is 5.75 Å². The molecule has 0 aliphatic carbocycles. The summed E-state index contributed by atoms with van der Waals surface area (Å²) < 4.78 is 24.8. The summed E-state index contributed by atoms with van der Waals surface area (Å²) in [7, 11) is 0. The predicted molar refractivity (Wildman–Crippen MR) is 86.8 cm³/mol. The maximum Gasteiger partial charge on any atom is 0.625 e. The van der Waals surface area contributed by atoms with Gasteiger partial charge in [-0.25, -0.2) is 0 Å². The van der Waals surface area contributed by atoms with E-state index < -0.39 is 6.89 Å². The van der Waals surface area contributed by atoms with E-state index in [1.165, 1.54) is 5.39 Å². The van der Waals surface area contributed by atoms with Gasteiger partial charge in [0.1, 0.15) is 18.5 Å². The molecule has 3 saturated heterocycles. The van der Waals surface area contributed by atoms with Crippen LogP contribution in [0.15, 0.2) is 42.5 Å². The molecule has 1 atom stereocenters. The molecule has 5 nitrogen and oxygen atoms in total. The van der Waals surface area contributed by atoms with Gasteiger partial charge in [0.2, 0.25) is 0 Å². The van der Waals surface area contributed by atoms with Crippen molar-refractivity contribution in [3.63, 3.8) is 0 Å². The molecule has 0 saturated carbocycles. The average Bonchev–Trinajstić information content (AvgIpc) is 3.14. The fourth-order valence-corrected chi connectivity index (χ4v) is 4.37. The number of ether oxygens (including phenoxy) is 1. The molecule has 120 valence electrons.